The fraction of sp³-hybridized carbons (Fsp3) is 0.977. The van der Waals surface area contributed by atoms with Gasteiger partial charge in [-0.25, -0.2) is 4.39 Å². The molecule has 4 heteroatoms. The van der Waals surface area contributed by atoms with Gasteiger partial charge < -0.3 is 9.47 Å². The number of hydrogen-bond donors (Lipinski definition) is 0. The molecular formula is C44H77FO3. The number of halogens is 1. The van der Waals surface area contributed by atoms with Gasteiger partial charge >= 0.3 is 0 Å². The van der Waals surface area contributed by atoms with Crippen LogP contribution in [-0.4, -0.2) is 37.4 Å². The smallest absolute Gasteiger partial charge is 0.151 e. The topological polar surface area (TPSA) is 35.5 Å². The first kappa shape index (κ1) is 38.7. The molecule has 0 saturated heterocycles. The van der Waals surface area contributed by atoms with E-state index in [0.29, 0.717) is 29.8 Å². The van der Waals surface area contributed by atoms with E-state index in [4.69, 9.17) is 9.47 Å². The predicted octanol–water partition coefficient (Wildman–Crippen LogP) is 12.9. The van der Waals surface area contributed by atoms with Crippen molar-refractivity contribution in [3.05, 3.63) is 0 Å². The van der Waals surface area contributed by atoms with Crippen LogP contribution < -0.4 is 0 Å². The number of rotatable bonds is 20. The Morgan fingerprint density at radius 2 is 0.792 bits per heavy atom. The average Bonchev–Trinajstić information content (AvgIpc) is 3.14. The fourth-order valence-electron chi connectivity index (χ4n) is 11.5. The first-order valence-electron chi connectivity index (χ1n) is 21.9. The van der Waals surface area contributed by atoms with E-state index in [-0.39, 0.29) is 0 Å². The maximum absolute atomic E-state index is 16.3. The van der Waals surface area contributed by atoms with Crippen LogP contribution in [0, 0.1) is 34.5 Å². The molecule has 0 bridgehead atoms. The van der Waals surface area contributed by atoms with E-state index in [1.165, 1.54) is 141 Å². The Bertz CT molecular complexity index is 817. The molecule has 278 valence electrons. The molecule has 0 N–H and O–H groups in total. The summed E-state index contributed by atoms with van der Waals surface area (Å²) >= 11 is 0. The zero-order valence-corrected chi connectivity index (χ0v) is 31.8. The standard InChI is InChI=1S/C44H77FO3/c1-3-5-7-9-11-13-15-33-47-39-21-17-35(18-22-39)37-25-29-43(30-26-37)41(45)44(42(43)46)31-27-38(28-32-44)36-19-23-40(24-20-36)48-34-16-14-12-10-8-6-4-2/h35-41H,3-34H2,1-2H3/t35-,36-,37?,38?,39-,40-,41?,43?,44?. The van der Waals surface area contributed by atoms with E-state index >= 15 is 4.39 Å². The van der Waals surface area contributed by atoms with Crippen LogP contribution in [0.5, 0.6) is 0 Å². The molecule has 0 aromatic carbocycles. The van der Waals surface area contributed by atoms with Crippen molar-refractivity contribution in [2.75, 3.05) is 13.2 Å². The summed E-state index contributed by atoms with van der Waals surface area (Å²) in [6, 6.07) is 0. The van der Waals surface area contributed by atoms with E-state index < -0.39 is 17.0 Å². The Morgan fingerprint density at radius 1 is 0.479 bits per heavy atom. The van der Waals surface area contributed by atoms with Crippen molar-refractivity contribution in [2.24, 2.45) is 34.5 Å². The Morgan fingerprint density at radius 3 is 1.12 bits per heavy atom. The predicted molar refractivity (Wildman–Crippen MR) is 198 cm³/mol. The highest BCUT2D eigenvalue weighted by Crippen LogP contribution is 2.66. The monoisotopic (exact) mass is 673 g/mol. The first-order chi connectivity index (χ1) is 23.5. The van der Waals surface area contributed by atoms with E-state index in [1.54, 1.807) is 0 Å². The summed E-state index contributed by atoms with van der Waals surface area (Å²) in [7, 11) is 0. The highest BCUT2D eigenvalue weighted by atomic mass is 19.1. The number of alkyl halides is 1. The third-order valence-corrected chi connectivity index (χ3v) is 14.7. The number of unbranched alkanes of at least 4 members (excludes halogenated alkanes) is 12. The second-order valence-corrected chi connectivity index (χ2v) is 17.7. The number of carbonyl (C=O) groups is 1. The van der Waals surface area contributed by atoms with Gasteiger partial charge in [-0.3, -0.25) is 4.79 Å². The van der Waals surface area contributed by atoms with Gasteiger partial charge in [-0.1, -0.05) is 90.9 Å². The number of ketones is 1. The molecule has 5 fully saturated rings. The average molecular weight is 673 g/mol. The van der Waals surface area contributed by atoms with Crippen LogP contribution in [0.3, 0.4) is 0 Å². The van der Waals surface area contributed by atoms with E-state index in [2.05, 4.69) is 13.8 Å². The molecule has 3 nitrogen and oxygen atoms in total. The molecule has 5 rings (SSSR count). The minimum absolute atomic E-state index is 0.351. The lowest BCUT2D eigenvalue weighted by molar-refractivity contribution is -0.195. The summed E-state index contributed by atoms with van der Waals surface area (Å²) in [5.41, 5.74) is -1.24. The van der Waals surface area contributed by atoms with Crippen molar-refractivity contribution in [1.82, 2.24) is 0 Å². The third-order valence-electron chi connectivity index (χ3n) is 14.7. The highest BCUT2D eigenvalue weighted by Gasteiger charge is 2.71. The summed E-state index contributed by atoms with van der Waals surface area (Å²) in [6.45, 7) is 6.43. The lowest BCUT2D eigenvalue weighted by Crippen LogP contribution is -2.69. The summed E-state index contributed by atoms with van der Waals surface area (Å²) in [5.74, 6) is 3.27. The zero-order chi connectivity index (χ0) is 33.7. The third kappa shape index (κ3) is 9.89. The molecular weight excluding hydrogens is 595 g/mol. The van der Waals surface area contributed by atoms with Crippen molar-refractivity contribution in [1.29, 1.82) is 0 Å². The second-order valence-electron chi connectivity index (χ2n) is 17.7. The van der Waals surface area contributed by atoms with Gasteiger partial charge in [0, 0.05) is 13.2 Å². The number of hydrogen-bond acceptors (Lipinski definition) is 3. The summed E-state index contributed by atoms with van der Waals surface area (Å²) in [5, 5.41) is 0. The Labute approximate surface area is 296 Å². The van der Waals surface area contributed by atoms with Crippen molar-refractivity contribution in [3.8, 4) is 0 Å². The van der Waals surface area contributed by atoms with Gasteiger partial charge in [-0.05, 0) is 139 Å². The van der Waals surface area contributed by atoms with Crippen molar-refractivity contribution >= 4 is 5.78 Å². The first-order valence-corrected chi connectivity index (χ1v) is 21.9. The van der Waals surface area contributed by atoms with Crippen molar-refractivity contribution < 1.29 is 18.7 Å². The zero-order valence-electron chi connectivity index (χ0n) is 31.8. The van der Waals surface area contributed by atoms with E-state index in [9.17, 15) is 4.79 Å². The molecule has 0 aromatic rings. The molecule has 0 amide bonds. The fourth-order valence-corrected chi connectivity index (χ4v) is 11.5. The molecule has 0 heterocycles. The van der Waals surface area contributed by atoms with Crippen LogP contribution in [0.1, 0.15) is 206 Å². The molecule has 0 atom stereocenters. The maximum atomic E-state index is 16.3. The Hall–Kier alpha value is -0.480. The van der Waals surface area contributed by atoms with Crippen LogP contribution in [0.15, 0.2) is 0 Å². The number of ether oxygens (including phenoxy) is 2. The SMILES string of the molecule is CCCCCCCCCO[C@H]1CC[C@H](C2CCC3(CC2)C(=O)C2(CCC([C@H]4CC[C@H](OCCCCCCCCC)CC4)CC2)C3F)CC1. The highest BCUT2D eigenvalue weighted by molar-refractivity contribution is 5.98. The van der Waals surface area contributed by atoms with Gasteiger partial charge in [-0.15, -0.1) is 0 Å². The van der Waals surface area contributed by atoms with Crippen LogP contribution >= 0.6 is 0 Å². The lowest BCUT2D eigenvalue weighted by Gasteiger charge is -2.62. The molecule has 48 heavy (non-hydrogen) atoms. The van der Waals surface area contributed by atoms with Gasteiger partial charge in [0.05, 0.1) is 23.0 Å². The van der Waals surface area contributed by atoms with Crippen LogP contribution in [0.4, 0.5) is 4.39 Å². The minimum atomic E-state index is -0.883. The number of Topliss-reactive ketones (excluding diaryl/α,β-unsaturated/α-hetero) is 1. The van der Waals surface area contributed by atoms with E-state index in [0.717, 1.165) is 76.4 Å². The van der Waals surface area contributed by atoms with Crippen LogP contribution in [-0.2, 0) is 14.3 Å². The van der Waals surface area contributed by atoms with Gasteiger partial charge in [0.15, 0.2) is 5.78 Å². The molecule has 0 unspecified atom stereocenters. The molecule has 0 aliphatic heterocycles. The van der Waals surface area contributed by atoms with Gasteiger partial charge in [0.1, 0.15) is 6.17 Å². The minimum Gasteiger partial charge on any atom is -0.378 e. The Balaban J connectivity index is 0.929. The molecule has 0 aromatic heterocycles. The summed E-state index contributed by atoms with van der Waals surface area (Å²) < 4.78 is 28.9. The molecule has 2 spiro atoms. The van der Waals surface area contributed by atoms with Gasteiger partial charge in [-0.2, -0.15) is 0 Å². The van der Waals surface area contributed by atoms with E-state index in [1.807, 2.05) is 0 Å². The second kappa shape index (κ2) is 19.9. The molecule has 5 aliphatic rings. The molecule has 5 saturated carbocycles. The summed E-state index contributed by atoms with van der Waals surface area (Å²) in [6.07, 6.45) is 36.2. The maximum Gasteiger partial charge on any atom is 0.151 e. The van der Waals surface area contributed by atoms with Crippen molar-refractivity contribution in [3.63, 3.8) is 0 Å². The number of carbonyl (C=O) groups excluding carboxylic acids is 1. The molecule has 0 radical (unpaired) electrons. The van der Waals surface area contributed by atoms with Crippen LogP contribution in [0.2, 0.25) is 0 Å². The summed E-state index contributed by atoms with van der Waals surface area (Å²) in [4.78, 5) is 13.9. The lowest BCUT2D eigenvalue weighted by atomic mass is 9.41. The van der Waals surface area contributed by atoms with Gasteiger partial charge in [0.25, 0.3) is 0 Å². The van der Waals surface area contributed by atoms with Gasteiger partial charge in [0.2, 0.25) is 0 Å². The quantitative estimate of drug-likeness (QED) is 0.121. The van der Waals surface area contributed by atoms with Crippen molar-refractivity contribution in [2.45, 2.75) is 225 Å². The largest absolute Gasteiger partial charge is 0.378 e. The molecule has 5 aliphatic carbocycles. The van der Waals surface area contributed by atoms with Crippen LogP contribution in [0.25, 0.3) is 0 Å². The normalized spacial score (nSPS) is 37.2. The Kier molecular flexibility index (Phi) is 16.1.